The lowest BCUT2D eigenvalue weighted by Crippen LogP contribution is -2.67. The second-order valence-corrected chi connectivity index (χ2v) is 10.5. The third-order valence-corrected chi connectivity index (χ3v) is 7.14. The minimum absolute atomic E-state index is 0.165. The minimum Gasteiger partial charge on any atom is -0.459 e. The Bertz CT molecular complexity index is 1680. The molecule has 240 valence electrons. The summed E-state index contributed by atoms with van der Waals surface area (Å²) >= 11 is 0. The summed E-state index contributed by atoms with van der Waals surface area (Å²) in [6.07, 6.45) is -5.85. The van der Waals surface area contributed by atoms with Crippen LogP contribution >= 0.6 is 0 Å². The zero-order chi connectivity index (χ0) is 33.2. The molecule has 4 aromatic rings. The van der Waals surface area contributed by atoms with Gasteiger partial charge in [-0.1, -0.05) is 72.8 Å². The van der Waals surface area contributed by atoms with E-state index < -0.39 is 67.0 Å². The van der Waals surface area contributed by atoms with Crippen molar-refractivity contribution >= 4 is 29.8 Å². The molecule has 5 rings (SSSR count). The number of rotatable bonds is 10. The molecule has 47 heavy (non-hydrogen) atoms. The van der Waals surface area contributed by atoms with Gasteiger partial charge in [0.25, 0.3) is 0 Å². The van der Waals surface area contributed by atoms with Gasteiger partial charge in [-0.15, -0.1) is 0 Å². The highest BCUT2D eigenvalue weighted by Gasteiger charge is 2.53. The molecular weight excluding hydrogens is 606 g/mol. The highest BCUT2D eigenvalue weighted by molar-refractivity contribution is 5.91. The molecule has 1 fully saturated rings. The fourth-order valence-electron chi connectivity index (χ4n) is 4.90. The second-order valence-electron chi connectivity index (χ2n) is 10.5. The fourth-order valence-corrected chi connectivity index (χ4v) is 4.90. The molecule has 5 atom stereocenters. The number of hydrogen-bond acceptors (Lipinski definition) is 10. The summed E-state index contributed by atoms with van der Waals surface area (Å²) in [5.41, 5.74) is 0.768. The number of hydrogen-bond donors (Lipinski definition) is 1. The molecule has 11 nitrogen and oxygen atoms in total. The lowest BCUT2D eigenvalue weighted by atomic mass is 9.95. The van der Waals surface area contributed by atoms with E-state index in [1.165, 1.54) is 43.3 Å². The van der Waals surface area contributed by atoms with E-state index in [4.69, 9.17) is 23.7 Å². The predicted molar refractivity (Wildman–Crippen MR) is 166 cm³/mol. The minimum atomic E-state index is -1.58. The van der Waals surface area contributed by atoms with Crippen LogP contribution in [0.3, 0.4) is 0 Å². The van der Waals surface area contributed by atoms with E-state index in [2.05, 4.69) is 5.32 Å². The first kappa shape index (κ1) is 32.6. The average Bonchev–Trinajstić information content (AvgIpc) is 3.11. The number of nitrogens with one attached hydrogen (secondary N) is 1. The number of benzene rings is 4. The summed E-state index contributed by atoms with van der Waals surface area (Å²) in [4.78, 5) is 65.5. The monoisotopic (exact) mass is 637 g/mol. The lowest BCUT2D eigenvalue weighted by Gasteiger charge is -2.44. The van der Waals surface area contributed by atoms with Gasteiger partial charge in [0.05, 0.1) is 22.3 Å². The molecule has 0 bridgehead atoms. The maximum absolute atomic E-state index is 13.4. The maximum Gasteiger partial charge on any atom is 0.340 e. The fraction of sp³-hybridized carbons (Fsp3) is 0.194. The number of carbonyl (C=O) groups excluding carboxylic acids is 5. The van der Waals surface area contributed by atoms with Crippen LogP contribution in [0.2, 0.25) is 0 Å². The van der Waals surface area contributed by atoms with Gasteiger partial charge in [-0.25, -0.2) is 19.2 Å². The van der Waals surface area contributed by atoms with Crippen LogP contribution in [0.15, 0.2) is 121 Å². The van der Waals surface area contributed by atoms with Gasteiger partial charge in [0.1, 0.15) is 18.8 Å². The van der Waals surface area contributed by atoms with E-state index in [1.54, 1.807) is 84.9 Å². The Kier molecular flexibility index (Phi) is 10.7. The highest BCUT2D eigenvalue weighted by Crippen LogP contribution is 2.30. The van der Waals surface area contributed by atoms with Crippen molar-refractivity contribution < 1.29 is 47.7 Å². The molecule has 0 saturated carbocycles. The van der Waals surface area contributed by atoms with Gasteiger partial charge < -0.3 is 29.0 Å². The Labute approximate surface area is 270 Å². The van der Waals surface area contributed by atoms with Crippen molar-refractivity contribution in [3.63, 3.8) is 0 Å². The molecule has 1 N–H and O–H groups in total. The van der Waals surface area contributed by atoms with Crippen molar-refractivity contribution in [2.45, 2.75) is 37.6 Å². The van der Waals surface area contributed by atoms with Crippen molar-refractivity contribution in [2.24, 2.45) is 0 Å². The van der Waals surface area contributed by atoms with E-state index in [9.17, 15) is 24.0 Å². The van der Waals surface area contributed by atoms with Crippen LogP contribution in [0.5, 0.6) is 0 Å². The Morgan fingerprint density at radius 3 is 1.36 bits per heavy atom. The molecule has 4 aromatic carbocycles. The standard InChI is InChI=1S/C36H31NO10/c1-23(38)37-29-31(46-34(41)26-18-10-4-11-19-26)30(45-33(40)25-16-8-3-9-17-25)28(22-43-32(39)24-14-6-2-7-15-24)44-36(29)47-35(42)27-20-12-5-13-21-27/h2-21,28-31,36H,22H2,1H3,(H,37,38)/t28-,29+,30-,31-,36+/m1/s1. The van der Waals surface area contributed by atoms with E-state index in [1.807, 2.05) is 0 Å². The Balaban J connectivity index is 1.53. The van der Waals surface area contributed by atoms with Gasteiger partial charge in [0.2, 0.25) is 12.2 Å². The molecule has 11 heteroatoms. The number of ether oxygens (including phenoxy) is 5. The molecule has 0 aromatic heterocycles. The Morgan fingerprint density at radius 1 is 0.553 bits per heavy atom. The molecule has 0 radical (unpaired) electrons. The molecule has 0 spiro atoms. The summed E-state index contributed by atoms with van der Waals surface area (Å²) < 4.78 is 29.3. The summed E-state index contributed by atoms with van der Waals surface area (Å²) in [7, 11) is 0. The van der Waals surface area contributed by atoms with Gasteiger partial charge in [0.15, 0.2) is 12.2 Å². The van der Waals surface area contributed by atoms with E-state index in [0.29, 0.717) is 0 Å². The third kappa shape index (κ3) is 8.47. The number of carbonyl (C=O) groups is 5. The number of esters is 4. The Hall–Kier alpha value is -5.81. The first-order valence-corrected chi connectivity index (χ1v) is 14.7. The van der Waals surface area contributed by atoms with Crippen LogP contribution in [0, 0.1) is 0 Å². The van der Waals surface area contributed by atoms with Crippen molar-refractivity contribution in [3.8, 4) is 0 Å². The molecule has 1 amide bonds. The molecule has 0 unspecified atom stereocenters. The first-order chi connectivity index (χ1) is 22.8. The van der Waals surface area contributed by atoms with Crippen molar-refractivity contribution in [2.75, 3.05) is 6.61 Å². The molecule has 1 aliphatic heterocycles. The molecule has 1 heterocycles. The summed E-state index contributed by atoms with van der Waals surface area (Å²) in [5, 5.41) is 2.63. The van der Waals surface area contributed by atoms with Gasteiger partial charge in [-0.3, -0.25) is 4.79 Å². The quantitative estimate of drug-likeness (QED) is 0.197. The summed E-state index contributed by atoms with van der Waals surface area (Å²) in [5.74, 6) is -3.72. The molecule has 0 aliphatic carbocycles. The predicted octanol–water partition coefficient (Wildman–Crippen LogP) is 4.38. The van der Waals surface area contributed by atoms with Crippen LogP contribution in [0.4, 0.5) is 0 Å². The van der Waals surface area contributed by atoms with Crippen LogP contribution in [0.25, 0.3) is 0 Å². The van der Waals surface area contributed by atoms with Crippen LogP contribution in [-0.2, 0) is 28.5 Å². The van der Waals surface area contributed by atoms with Gasteiger partial charge in [-0.2, -0.15) is 0 Å². The van der Waals surface area contributed by atoms with Crippen LogP contribution in [-0.4, -0.2) is 67.0 Å². The van der Waals surface area contributed by atoms with Crippen molar-refractivity contribution in [1.29, 1.82) is 0 Å². The average molecular weight is 638 g/mol. The first-order valence-electron chi connectivity index (χ1n) is 14.7. The van der Waals surface area contributed by atoms with Crippen LogP contribution < -0.4 is 5.32 Å². The third-order valence-electron chi connectivity index (χ3n) is 7.14. The summed E-state index contributed by atoms with van der Waals surface area (Å²) in [6.45, 7) is 0.705. The smallest absolute Gasteiger partial charge is 0.340 e. The van der Waals surface area contributed by atoms with Gasteiger partial charge in [-0.05, 0) is 48.5 Å². The lowest BCUT2D eigenvalue weighted by molar-refractivity contribution is -0.252. The topological polar surface area (TPSA) is 144 Å². The summed E-state index contributed by atoms with van der Waals surface area (Å²) in [6, 6.07) is 30.9. The van der Waals surface area contributed by atoms with Crippen molar-refractivity contribution in [1.82, 2.24) is 5.32 Å². The van der Waals surface area contributed by atoms with E-state index in [-0.39, 0.29) is 22.3 Å². The maximum atomic E-state index is 13.4. The van der Waals surface area contributed by atoms with Gasteiger partial charge in [0, 0.05) is 6.92 Å². The van der Waals surface area contributed by atoms with Crippen LogP contribution in [0.1, 0.15) is 48.4 Å². The van der Waals surface area contributed by atoms with Crippen molar-refractivity contribution in [3.05, 3.63) is 144 Å². The Morgan fingerprint density at radius 2 is 0.936 bits per heavy atom. The largest absolute Gasteiger partial charge is 0.459 e. The van der Waals surface area contributed by atoms with E-state index in [0.717, 1.165) is 0 Å². The SMILES string of the molecule is CC(=O)N[C@@H]1[C@H](OC(=O)c2ccccc2)O[C@H](COC(=O)c2ccccc2)[C@@H](OC(=O)c2ccccc2)[C@@H]1OC(=O)c1ccccc1. The number of amides is 1. The normalized spacial score (nSPS) is 20.2. The zero-order valence-corrected chi connectivity index (χ0v) is 25.2. The highest BCUT2D eigenvalue weighted by atomic mass is 16.7. The second kappa shape index (κ2) is 15.5. The molecule has 1 saturated heterocycles. The molecule has 1 aliphatic rings. The van der Waals surface area contributed by atoms with E-state index >= 15 is 0 Å². The zero-order valence-electron chi connectivity index (χ0n) is 25.2. The van der Waals surface area contributed by atoms with Gasteiger partial charge >= 0.3 is 23.9 Å². The molecular formula is C36H31NO10.